The molecule has 0 saturated heterocycles. The first-order valence-electron chi connectivity index (χ1n) is 11.0. The van der Waals surface area contributed by atoms with E-state index in [0.717, 1.165) is 12.8 Å². The minimum atomic E-state index is -0.990. The van der Waals surface area contributed by atoms with Crippen LogP contribution in [0, 0.1) is 16.0 Å². The number of nitro benzene ring substituents is 1. The molecule has 0 fully saturated rings. The summed E-state index contributed by atoms with van der Waals surface area (Å²) >= 11 is 5.83. The molecule has 2 atom stereocenters. The molecular weight excluding hydrogens is 448 g/mol. The summed E-state index contributed by atoms with van der Waals surface area (Å²) in [5.41, 5.74) is 1.30. The van der Waals surface area contributed by atoms with Crippen LogP contribution in [0.4, 0.5) is 5.69 Å². The van der Waals surface area contributed by atoms with Crippen molar-refractivity contribution in [3.05, 3.63) is 62.5 Å². The third-order valence-electron chi connectivity index (χ3n) is 5.51. The van der Waals surface area contributed by atoms with E-state index in [2.05, 4.69) is 12.2 Å². The van der Waals surface area contributed by atoms with Crippen molar-refractivity contribution < 1.29 is 24.0 Å². The van der Waals surface area contributed by atoms with E-state index in [9.17, 15) is 19.7 Å². The number of dihydropyridines is 1. The van der Waals surface area contributed by atoms with E-state index in [1.54, 1.807) is 39.0 Å². The van der Waals surface area contributed by atoms with E-state index in [-0.39, 0.29) is 35.6 Å². The van der Waals surface area contributed by atoms with Crippen LogP contribution in [-0.2, 0) is 19.1 Å². The Morgan fingerprint density at radius 2 is 1.73 bits per heavy atom. The summed E-state index contributed by atoms with van der Waals surface area (Å²) in [7, 11) is 0. The van der Waals surface area contributed by atoms with Crippen LogP contribution in [0.2, 0.25) is 0 Å². The Morgan fingerprint density at radius 1 is 1.12 bits per heavy atom. The Morgan fingerprint density at radius 3 is 2.30 bits per heavy atom. The highest BCUT2D eigenvalue weighted by Gasteiger charge is 2.40. The van der Waals surface area contributed by atoms with Gasteiger partial charge in [0.1, 0.15) is 0 Å². The Balaban J connectivity index is 2.41. The van der Waals surface area contributed by atoms with Crippen molar-refractivity contribution in [1.29, 1.82) is 0 Å². The molecule has 1 aromatic carbocycles. The van der Waals surface area contributed by atoms with Crippen molar-refractivity contribution >= 4 is 29.2 Å². The number of nitrogens with one attached hydrogen (secondary N) is 1. The third-order valence-corrected chi connectivity index (χ3v) is 6.03. The van der Waals surface area contributed by atoms with Crippen molar-refractivity contribution in [2.45, 2.75) is 52.9 Å². The fraction of sp³-hybridized carbons (Fsp3) is 0.500. The average Bonchev–Trinajstić information content (AvgIpc) is 2.77. The summed E-state index contributed by atoms with van der Waals surface area (Å²) in [5.74, 6) is -1.28. The maximum absolute atomic E-state index is 13.2. The van der Waals surface area contributed by atoms with Gasteiger partial charge in [-0.3, -0.25) is 10.1 Å². The maximum atomic E-state index is 13.2. The second-order valence-electron chi connectivity index (χ2n) is 8.06. The molecule has 0 radical (unpaired) electrons. The van der Waals surface area contributed by atoms with Gasteiger partial charge in [0.25, 0.3) is 5.69 Å². The normalized spacial score (nSPS) is 16.8. The highest BCUT2D eigenvalue weighted by molar-refractivity contribution is 6.18. The molecule has 2 unspecified atom stereocenters. The smallest absolute Gasteiger partial charge is 0.336 e. The minimum absolute atomic E-state index is 0.127. The van der Waals surface area contributed by atoms with E-state index in [1.807, 2.05) is 0 Å². The lowest BCUT2D eigenvalue weighted by atomic mass is 9.79. The first kappa shape index (κ1) is 26.4. The van der Waals surface area contributed by atoms with Gasteiger partial charge < -0.3 is 14.8 Å². The number of ether oxygens (including phenoxy) is 2. The molecule has 33 heavy (non-hydrogen) atoms. The molecule has 2 rings (SSSR count). The van der Waals surface area contributed by atoms with Crippen LogP contribution in [0.3, 0.4) is 0 Å². The van der Waals surface area contributed by atoms with Crippen molar-refractivity contribution in [2.24, 2.45) is 5.92 Å². The van der Waals surface area contributed by atoms with E-state index in [1.165, 1.54) is 6.07 Å². The predicted octanol–water partition coefficient (Wildman–Crippen LogP) is 4.98. The van der Waals surface area contributed by atoms with Crippen molar-refractivity contribution in [1.82, 2.24) is 5.32 Å². The molecule has 0 aliphatic carbocycles. The molecule has 1 aliphatic rings. The summed E-state index contributed by atoms with van der Waals surface area (Å²) in [6.07, 6.45) is 2.46. The van der Waals surface area contributed by atoms with Gasteiger partial charge in [-0.2, -0.15) is 0 Å². The molecule has 9 heteroatoms. The number of carbonyl (C=O) groups is 2. The van der Waals surface area contributed by atoms with Gasteiger partial charge in [0, 0.05) is 28.9 Å². The molecule has 1 aromatic rings. The van der Waals surface area contributed by atoms with Crippen LogP contribution in [-0.4, -0.2) is 36.0 Å². The number of unbranched alkanes of at least 4 members (excludes halogenated alkanes) is 1. The largest absolute Gasteiger partial charge is 0.463 e. The zero-order chi connectivity index (χ0) is 24.5. The number of nitro groups is 1. The minimum Gasteiger partial charge on any atom is -0.463 e. The Bertz CT molecular complexity index is 956. The average molecular weight is 479 g/mol. The fourth-order valence-electron chi connectivity index (χ4n) is 3.87. The summed E-state index contributed by atoms with van der Waals surface area (Å²) in [5, 5.41) is 14.8. The molecule has 180 valence electrons. The van der Waals surface area contributed by atoms with Crippen LogP contribution in [0.15, 0.2) is 46.8 Å². The molecule has 1 N–H and O–H groups in total. The van der Waals surface area contributed by atoms with E-state index in [0.29, 0.717) is 29.6 Å². The van der Waals surface area contributed by atoms with Crippen molar-refractivity contribution in [3.8, 4) is 0 Å². The lowest BCUT2D eigenvalue weighted by molar-refractivity contribution is -0.385. The predicted molar refractivity (Wildman–Crippen MR) is 126 cm³/mol. The van der Waals surface area contributed by atoms with E-state index >= 15 is 0 Å². The quantitative estimate of drug-likeness (QED) is 0.157. The van der Waals surface area contributed by atoms with Crippen LogP contribution < -0.4 is 5.32 Å². The summed E-state index contributed by atoms with van der Waals surface area (Å²) in [6.45, 7) is 7.42. The van der Waals surface area contributed by atoms with Gasteiger partial charge in [0.15, 0.2) is 0 Å². The number of hydrogen-bond acceptors (Lipinski definition) is 7. The van der Waals surface area contributed by atoms with Gasteiger partial charge >= 0.3 is 11.9 Å². The van der Waals surface area contributed by atoms with Crippen LogP contribution in [0.1, 0.15) is 58.4 Å². The molecule has 1 aliphatic heterocycles. The molecule has 0 aromatic heterocycles. The van der Waals surface area contributed by atoms with Crippen molar-refractivity contribution in [3.63, 3.8) is 0 Å². The Kier molecular flexibility index (Phi) is 9.91. The third kappa shape index (κ3) is 6.57. The zero-order valence-corrected chi connectivity index (χ0v) is 20.2. The molecule has 8 nitrogen and oxygen atoms in total. The number of allylic oxidation sites excluding steroid dienone is 2. The highest BCUT2D eigenvalue weighted by Crippen LogP contribution is 2.42. The summed E-state index contributed by atoms with van der Waals surface area (Å²) in [4.78, 5) is 37.3. The van der Waals surface area contributed by atoms with Crippen LogP contribution in [0.25, 0.3) is 0 Å². The molecule has 0 bridgehead atoms. The second kappa shape index (κ2) is 12.4. The van der Waals surface area contributed by atoms with Gasteiger partial charge in [-0.05, 0) is 46.0 Å². The topological polar surface area (TPSA) is 108 Å². The number of alkyl halides is 1. The second-order valence-corrected chi connectivity index (χ2v) is 8.37. The molecule has 1 heterocycles. The van der Waals surface area contributed by atoms with Gasteiger partial charge in [0.05, 0.1) is 35.2 Å². The first-order valence-corrected chi connectivity index (χ1v) is 11.6. The number of halogens is 1. The van der Waals surface area contributed by atoms with Gasteiger partial charge in [-0.1, -0.05) is 25.1 Å². The monoisotopic (exact) mass is 478 g/mol. The number of nitrogens with zero attached hydrogens (tertiary/aromatic N) is 1. The molecule has 0 saturated carbocycles. The summed E-state index contributed by atoms with van der Waals surface area (Å²) < 4.78 is 10.7. The van der Waals surface area contributed by atoms with Crippen LogP contribution in [0.5, 0.6) is 0 Å². The number of rotatable bonds is 11. The standard InChI is InChI=1S/C24H31ClN2O6/c1-5-32-23(28)20-16(3)26-17(4)21(24(29)33-13-9-8-10-15(2)14-25)22(20)18-11-6-7-12-19(18)27(30)31/h6-7,11-12,15,22,26H,5,8-10,13-14H2,1-4H3. The van der Waals surface area contributed by atoms with Gasteiger partial charge in [-0.15, -0.1) is 11.6 Å². The van der Waals surface area contributed by atoms with Crippen molar-refractivity contribution in [2.75, 3.05) is 19.1 Å². The number of esters is 2. The number of para-hydroxylation sites is 1. The Hall–Kier alpha value is -2.87. The molecule has 0 spiro atoms. The Labute approximate surface area is 199 Å². The number of carbonyl (C=O) groups excluding carboxylic acids is 2. The van der Waals surface area contributed by atoms with E-state index < -0.39 is 22.8 Å². The number of hydrogen-bond donors (Lipinski definition) is 1. The SMILES string of the molecule is CCOC(=O)C1=C(C)NC(C)=C(C(=O)OCCCCC(C)CCl)C1c1ccccc1[N+](=O)[O-]. The summed E-state index contributed by atoms with van der Waals surface area (Å²) in [6, 6.07) is 6.08. The zero-order valence-electron chi connectivity index (χ0n) is 19.5. The lowest BCUT2D eigenvalue weighted by Gasteiger charge is -2.30. The fourth-order valence-corrected chi connectivity index (χ4v) is 4.02. The highest BCUT2D eigenvalue weighted by atomic mass is 35.5. The first-order chi connectivity index (χ1) is 15.7. The number of benzene rings is 1. The maximum Gasteiger partial charge on any atom is 0.336 e. The molecular formula is C24H31ClN2O6. The van der Waals surface area contributed by atoms with Gasteiger partial charge in [0.2, 0.25) is 0 Å². The lowest BCUT2D eigenvalue weighted by Crippen LogP contribution is -2.33. The molecule has 0 amide bonds. The van der Waals surface area contributed by atoms with Gasteiger partial charge in [-0.25, -0.2) is 9.59 Å². The van der Waals surface area contributed by atoms with E-state index in [4.69, 9.17) is 21.1 Å². The van der Waals surface area contributed by atoms with Crippen LogP contribution >= 0.6 is 11.6 Å².